The highest BCUT2D eigenvalue weighted by molar-refractivity contribution is 7.99. The molecular formula is C17H18ClNO3S. The van der Waals surface area contributed by atoms with Crippen LogP contribution in [0.15, 0.2) is 48.5 Å². The average Bonchev–Trinajstić information content (AvgIpc) is 2.56. The number of nitrogens with one attached hydrogen (secondary N) is 1. The van der Waals surface area contributed by atoms with Crippen molar-refractivity contribution in [2.24, 2.45) is 0 Å². The highest BCUT2D eigenvalue weighted by Gasteiger charge is 2.06. The maximum atomic E-state index is 11.9. The number of carbonyl (C=O) groups excluding carboxylic acids is 1. The molecule has 0 bridgehead atoms. The Morgan fingerprint density at radius 1 is 1.22 bits per heavy atom. The Labute approximate surface area is 145 Å². The summed E-state index contributed by atoms with van der Waals surface area (Å²) in [5, 5.41) is 3.27. The Kier molecular flexibility index (Phi) is 7.10. The van der Waals surface area contributed by atoms with Gasteiger partial charge in [-0.2, -0.15) is 0 Å². The van der Waals surface area contributed by atoms with Gasteiger partial charge in [-0.1, -0.05) is 29.8 Å². The van der Waals surface area contributed by atoms with Crippen molar-refractivity contribution in [1.29, 1.82) is 0 Å². The van der Waals surface area contributed by atoms with Gasteiger partial charge in [0.15, 0.2) is 0 Å². The molecule has 0 aromatic heterocycles. The van der Waals surface area contributed by atoms with Crippen LogP contribution in [-0.4, -0.2) is 31.1 Å². The van der Waals surface area contributed by atoms with E-state index >= 15 is 0 Å². The number of anilines is 1. The van der Waals surface area contributed by atoms with Crippen LogP contribution in [0.5, 0.6) is 11.5 Å². The smallest absolute Gasteiger partial charge is 0.234 e. The van der Waals surface area contributed by atoms with E-state index in [0.29, 0.717) is 28.8 Å². The van der Waals surface area contributed by atoms with Crippen LogP contribution in [-0.2, 0) is 4.79 Å². The molecule has 4 nitrogen and oxygen atoms in total. The van der Waals surface area contributed by atoms with E-state index in [-0.39, 0.29) is 5.91 Å². The number of rotatable bonds is 8. The molecule has 2 aromatic carbocycles. The fourth-order valence-electron chi connectivity index (χ4n) is 1.84. The molecule has 0 saturated carbocycles. The fourth-order valence-corrected chi connectivity index (χ4v) is 2.70. The molecule has 0 aliphatic heterocycles. The van der Waals surface area contributed by atoms with Crippen LogP contribution in [0.4, 0.5) is 5.69 Å². The van der Waals surface area contributed by atoms with Crippen molar-refractivity contribution >= 4 is 35.0 Å². The predicted octanol–water partition coefficient (Wildman–Crippen LogP) is 4.10. The summed E-state index contributed by atoms with van der Waals surface area (Å²) in [6.45, 7) is 0.566. The first-order valence-electron chi connectivity index (χ1n) is 7.08. The summed E-state index contributed by atoms with van der Waals surface area (Å²) in [5.41, 5.74) is 0.655. The van der Waals surface area contributed by atoms with Crippen molar-refractivity contribution in [2.75, 3.05) is 30.5 Å². The third kappa shape index (κ3) is 6.04. The fraction of sp³-hybridized carbons (Fsp3) is 0.235. The van der Waals surface area contributed by atoms with Crippen molar-refractivity contribution in [3.8, 4) is 11.5 Å². The molecule has 0 fully saturated rings. The SMILES string of the molecule is COc1ccc(NC(=O)CSCCOc2ccccc2)cc1Cl. The number of halogens is 1. The molecule has 0 unspecified atom stereocenters. The zero-order valence-electron chi connectivity index (χ0n) is 12.8. The number of amides is 1. The summed E-state index contributed by atoms with van der Waals surface area (Å²) in [6.07, 6.45) is 0. The van der Waals surface area contributed by atoms with Crippen molar-refractivity contribution in [3.05, 3.63) is 53.6 Å². The molecule has 2 rings (SSSR count). The highest BCUT2D eigenvalue weighted by Crippen LogP contribution is 2.27. The van der Waals surface area contributed by atoms with E-state index < -0.39 is 0 Å². The van der Waals surface area contributed by atoms with Gasteiger partial charge in [0.1, 0.15) is 11.5 Å². The van der Waals surface area contributed by atoms with Crippen LogP contribution < -0.4 is 14.8 Å². The second-order valence-corrected chi connectivity index (χ2v) is 6.12. The minimum Gasteiger partial charge on any atom is -0.495 e. The van der Waals surface area contributed by atoms with Gasteiger partial charge >= 0.3 is 0 Å². The minimum absolute atomic E-state index is 0.0732. The summed E-state index contributed by atoms with van der Waals surface area (Å²) >= 11 is 7.54. The summed E-state index contributed by atoms with van der Waals surface area (Å²) < 4.78 is 10.6. The average molecular weight is 352 g/mol. The van der Waals surface area contributed by atoms with Gasteiger partial charge in [-0.15, -0.1) is 11.8 Å². The number of para-hydroxylation sites is 1. The Balaban J connectivity index is 1.66. The van der Waals surface area contributed by atoms with Crippen molar-refractivity contribution in [1.82, 2.24) is 0 Å². The molecule has 0 saturated heterocycles. The molecule has 23 heavy (non-hydrogen) atoms. The molecule has 0 radical (unpaired) electrons. The van der Waals surface area contributed by atoms with Crippen molar-refractivity contribution in [2.45, 2.75) is 0 Å². The lowest BCUT2D eigenvalue weighted by molar-refractivity contribution is -0.113. The number of benzene rings is 2. The maximum Gasteiger partial charge on any atom is 0.234 e. The van der Waals surface area contributed by atoms with E-state index in [1.807, 2.05) is 30.3 Å². The van der Waals surface area contributed by atoms with Gasteiger partial charge in [-0.25, -0.2) is 0 Å². The predicted molar refractivity (Wildman–Crippen MR) is 95.9 cm³/mol. The van der Waals surface area contributed by atoms with Crippen LogP contribution >= 0.6 is 23.4 Å². The van der Waals surface area contributed by atoms with Gasteiger partial charge in [0.25, 0.3) is 0 Å². The van der Waals surface area contributed by atoms with E-state index in [4.69, 9.17) is 21.1 Å². The number of ether oxygens (including phenoxy) is 2. The summed E-state index contributed by atoms with van der Waals surface area (Å²) in [7, 11) is 1.55. The van der Waals surface area contributed by atoms with Crippen molar-refractivity contribution < 1.29 is 14.3 Å². The molecule has 1 amide bonds. The first-order valence-corrected chi connectivity index (χ1v) is 8.61. The van der Waals surface area contributed by atoms with Crippen LogP contribution in [0.25, 0.3) is 0 Å². The topological polar surface area (TPSA) is 47.6 Å². The number of methoxy groups -OCH3 is 1. The molecular weight excluding hydrogens is 334 g/mol. The molecule has 1 N–H and O–H groups in total. The molecule has 0 aliphatic carbocycles. The molecule has 0 aliphatic rings. The van der Waals surface area contributed by atoms with Gasteiger partial charge in [-0.3, -0.25) is 4.79 Å². The van der Waals surface area contributed by atoms with E-state index in [1.165, 1.54) is 11.8 Å². The molecule has 0 heterocycles. The Morgan fingerprint density at radius 3 is 2.70 bits per heavy atom. The molecule has 6 heteroatoms. The number of hydrogen-bond acceptors (Lipinski definition) is 4. The highest BCUT2D eigenvalue weighted by atomic mass is 35.5. The Bertz CT molecular complexity index is 637. The number of carbonyl (C=O) groups is 1. The standard InChI is InChI=1S/C17H18ClNO3S/c1-21-16-8-7-13(11-15(16)18)19-17(20)12-23-10-9-22-14-5-3-2-4-6-14/h2-8,11H,9-10,12H2,1H3,(H,19,20). The molecule has 2 aromatic rings. The quantitative estimate of drug-likeness (QED) is 0.727. The zero-order valence-corrected chi connectivity index (χ0v) is 14.3. The minimum atomic E-state index is -0.0732. The normalized spacial score (nSPS) is 10.2. The first kappa shape index (κ1) is 17.5. The van der Waals surface area contributed by atoms with E-state index in [9.17, 15) is 4.79 Å². The van der Waals surface area contributed by atoms with E-state index in [2.05, 4.69) is 5.32 Å². The summed E-state index contributed by atoms with van der Waals surface area (Å²) in [4.78, 5) is 11.9. The molecule has 122 valence electrons. The summed E-state index contributed by atoms with van der Waals surface area (Å²) in [5.74, 6) is 2.45. The number of hydrogen-bond donors (Lipinski definition) is 1. The van der Waals surface area contributed by atoms with Gasteiger partial charge in [0, 0.05) is 11.4 Å². The second kappa shape index (κ2) is 9.33. The van der Waals surface area contributed by atoms with Crippen LogP contribution in [0.1, 0.15) is 0 Å². The van der Waals surface area contributed by atoms with Gasteiger partial charge in [0.2, 0.25) is 5.91 Å². The molecule has 0 atom stereocenters. The number of thioether (sulfide) groups is 1. The van der Waals surface area contributed by atoms with Crippen molar-refractivity contribution in [3.63, 3.8) is 0 Å². The van der Waals surface area contributed by atoms with Gasteiger partial charge < -0.3 is 14.8 Å². The van der Waals surface area contributed by atoms with Gasteiger partial charge in [-0.05, 0) is 30.3 Å². The zero-order chi connectivity index (χ0) is 16.5. The van der Waals surface area contributed by atoms with Gasteiger partial charge in [0.05, 0.1) is 24.5 Å². The lowest BCUT2D eigenvalue weighted by Crippen LogP contribution is -2.15. The maximum absolute atomic E-state index is 11.9. The summed E-state index contributed by atoms with van der Waals surface area (Å²) in [6, 6.07) is 14.8. The second-order valence-electron chi connectivity index (χ2n) is 4.61. The first-order chi connectivity index (χ1) is 11.2. The van der Waals surface area contributed by atoms with E-state index in [0.717, 1.165) is 11.5 Å². The third-order valence-corrected chi connectivity index (χ3v) is 4.13. The lowest BCUT2D eigenvalue weighted by atomic mass is 10.3. The van der Waals surface area contributed by atoms with Crippen LogP contribution in [0.2, 0.25) is 5.02 Å². The Morgan fingerprint density at radius 2 is 2.00 bits per heavy atom. The Hall–Kier alpha value is -1.85. The van der Waals surface area contributed by atoms with Crippen LogP contribution in [0, 0.1) is 0 Å². The monoisotopic (exact) mass is 351 g/mol. The largest absolute Gasteiger partial charge is 0.495 e. The lowest BCUT2D eigenvalue weighted by Gasteiger charge is -2.08. The van der Waals surface area contributed by atoms with E-state index in [1.54, 1.807) is 25.3 Å². The van der Waals surface area contributed by atoms with Crippen LogP contribution in [0.3, 0.4) is 0 Å². The molecule has 0 spiro atoms. The third-order valence-electron chi connectivity index (χ3n) is 2.91.